The molecule has 1 aliphatic carbocycles. The van der Waals surface area contributed by atoms with Crippen molar-refractivity contribution in [2.75, 3.05) is 31.1 Å². The lowest BCUT2D eigenvalue weighted by molar-refractivity contribution is -0.132. The van der Waals surface area contributed by atoms with E-state index in [1.807, 2.05) is 30.6 Å². The fourth-order valence-electron chi connectivity index (χ4n) is 4.15. The molecular weight excluding hydrogens is 412 g/mol. The second kappa shape index (κ2) is 8.07. The molecule has 1 saturated carbocycles. The van der Waals surface area contributed by atoms with E-state index in [1.54, 1.807) is 19.3 Å². The molecule has 4 rings (SSSR count). The third kappa shape index (κ3) is 4.26. The standard InChI is InChI=1S/C22H30N6O4/c1-22(2,3)24-16(29)13-28-20(31)17-15(7-8-23-18(17)25(4)21(28)32)26-9-11-27(12-10-26)19(30)14-5-6-14/h7-8,14H,5-6,9-13H2,1-4H3,(H,24,29). The zero-order valence-corrected chi connectivity index (χ0v) is 19.1. The highest BCUT2D eigenvalue weighted by Gasteiger charge is 2.35. The number of amides is 2. The number of aromatic nitrogens is 3. The van der Waals surface area contributed by atoms with Crippen LogP contribution in [0.3, 0.4) is 0 Å². The maximum absolute atomic E-state index is 13.4. The summed E-state index contributed by atoms with van der Waals surface area (Å²) in [5, 5.41) is 3.09. The van der Waals surface area contributed by atoms with Gasteiger partial charge in [0.25, 0.3) is 5.56 Å². The number of aryl methyl sites for hydroxylation is 1. The molecule has 10 heteroatoms. The normalized spacial score (nSPS) is 17.0. The van der Waals surface area contributed by atoms with E-state index in [0.717, 1.165) is 17.4 Å². The van der Waals surface area contributed by atoms with Crippen LogP contribution in [0.1, 0.15) is 33.6 Å². The van der Waals surface area contributed by atoms with Gasteiger partial charge >= 0.3 is 5.69 Å². The summed E-state index contributed by atoms with van der Waals surface area (Å²) < 4.78 is 2.26. The van der Waals surface area contributed by atoms with Gasteiger partial charge in [-0.3, -0.25) is 23.5 Å². The van der Waals surface area contributed by atoms with Crippen LogP contribution in [0, 0.1) is 5.92 Å². The Morgan fingerprint density at radius 2 is 1.78 bits per heavy atom. The van der Waals surface area contributed by atoms with Gasteiger partial charge in [-0.1, -0.05) is 0 Å². The molecular formula is C22H30N6O4. The van der Waals surface area contributed by atoms with Crippen LogP contribution >= 0.6 is 0 Å². The number of rotatable bonds is 4. The molecule has 0 radical (unpaired) electrons. The minimum absolute atomic E-state index is 0.185. The largest absolute Gasteiger partial charge is 0.367 e. The maximum Gasteiger partial charge on any atom is 0.332 e. The van der Waals surface area contributed by atoms with Gasteiger partial charge in [0.15, 0.2) is 5.65 Å². The molecule has 2 aromatic rings. The topological polar surface area (TPSA) is 110 Å². The molecule has 0 unspecified atom stereocenters. The van der Waals surface area contributed by atoms with Gasteiger partial charge in [-0.15, -0.1) is 0 Å². The highest BCUT2D eigenvalue weighted by Crippen LogP contribution is 2.32. The van der Waals surface area contributed by atoms with E-state index in [9.17, 15) is 19.2 Å². The smallest absolute Gasteiger partial charge is 0.332 e. The van der Waals surface area contributed by atoms with E-state index in [2.05, 4.69) is 10.3 Å². The summed E-state index contributed by atoms with van der Waals surface area (Å²) in [5.41, 5.74) is -0.657. The Labute approximate surface area is 185 Å². The average molecular weight is 443 g/mol. The minimum atomic E-state index is -0.587. The predicted octanol–water partition coefficient (Wildman–Crippen LogP) is 0.0685. The lowest BCUT2D eigenvalue weighted by atomic mass is 10.1. The van der Waals surface area contributed by atoms with Crippen LogP contribution in [-0.4, -0.2) is 62.6 Å². The molecule has 2 fully saturated rings. The molecule has 32 heavy (non-hydrogen) atoms. The molecule has 0 bridgehead atoms. The first-order valence-corrected chi connectivity index (χ1v) is 11.0. The number of nitrogens with zero attached hydrogens (tertiary/aromatic N) is 5. The SMILES string of the molecule is Cn1c(=O)n(CC(=O)NC(C)(C)C)c(=O)c2c(N3CCN(C(=O)C4CC4)CC3)ccnc21. The third-order valence-corrected chi connectivity index (χ3v) is 5.88. The summed E-state index contributed by atoms with van der Waals surface area (Å²) in [7, 11) is 1.55. The summed E-state index contributed by atoms with van der Waals surface area (Å²) >= 11 is 0. The number of carbonyl (C=O) groups is 2. The van der Waals surface area contributed by atoms with E-state index < -0.39 is 22.7 Å². The van der Waals surface area contributed by atoms with Crippen molar-refractivity contribution in [1.82, 2.24) is 24.3 Å². The second-order valence-corrected chi connectivity index (χ2v) is 9.65. The van der Waals surface area contributed by atoms with Crippen molar-refractivity contribution < 1.29 is 9.59 Å². The fraction of sp³-hybridized carbons (Fsp3) is 0.591. The molecule has 0 aromatic carbocycles. The molecule has 1 aliphatic heterocycles. The minimum Gasteiger partial charge on any atom is -0.367 e. The third-order valence-electron chi connectivity index (χ3n) is 5.88. The van der Waals surface area contributed by atoms with Gasteiger partial charge in [0.1, 0.15) is 11.9 Å². The van der Waals surface area contributed by atoms with E-state index >= 15 is 0 Å². The van der Waals surface area contributed by atoms with Crippen molar-refractivity contribution in [2.24, 2.45) is 13.0 Å². The molecule has 10 nitrogen and oxygen atoms in total. The Morgan fingerprint density at radius 1 is 1.12 bits per heavy atom. The zero-order chi connectivity index (χ0) is 23.2. The van der Waals surface area contributed by atoms with E-state index in [4.69, 9.17) is 0 Å². The van der Waals surface area contributed by atoms with Gasteiger partial charge in [-0.2, -0.15) is 0 Å². The first-order valence-electron chi connectivity index (χ1n) is 11.0. The quantitative estimate of drug-likeness (QED) is 0.718. The van der Waals surface area contributed by atoms with Gasteiger partial charge in [0.2, 0.25) is 11.8 Å². The lowest BCUT2D eigenvalue weighted by Gasteiger charge is -2.36. The molecule has 2 aliphatic rings. The van der Waals surface area contributed by atoms with E-state index in [-0.39, 0.29) is 24.0 Å². The summed E-state index contributed by atoms with van der Waals surface area (Å²) in [6.07, 6.45) is 3.53. The van der Waals surface area contributed by atoms with Crippen LogP contribution in [0.5, 0.6) is 0 Å². The Hall–Kier alpha value is -3.17. The number of anilines is 1. The van der Waals surface area contributed by atoms with Gasteiger partial charge in [0, 0.05) is 50.9 Å². The molecule has 1 saturated heterocycles. The van der Waals surface area contributed by atoms with Gasteiger partial charge in [-0.25, -0.2) is 9.78 Å². The van der Waals surface area contributed by atoms with Crippen molar-refractivity contribution >= 4 is 28.5 Å². The predicted molar refractivity (Wildman–Crippen MR) is 121 cm³/mol. The molecule has 0 spiro atoms. The van der Waals surface area contributed by atoms with Gasteiger partial charge in [0.05, 0.1) is 5.69 Å². The first-order chi connectivity index (χ1) is 15.1. The number of piperazine rings is 1. The Bertz CT molecular complexity index is 1180. The van der Waals surface area contributed by atoms with E-state index in [1.165, 1.54) is 4.57 Å². The first kappa shape index (κ1) is 22.0. The highest BCUT2D eigenvalue weighted by molar-refractivity contribution is 5.89. The maximum atomic E-state index is 13.4. The lowest BCUT2D eigenvalue weighted by Crippen LogP contribution is -2.50. The molecule has 2 aromatic heterocycles. The summed E-state index contributed by atoms with van der Waals surface area (Å²) in [6.45, 7) is 7.50. The van der Waals surface area contributed by atoms with Crippen molar-refractivity contribution in [3.05, 3.63) is 33.1 Å². The average Bonchev–Trinajstić information content (AvgIpc) is 3.58. The molecule has 2 amide bonds. The second-order valence-electron chi connectivity index (χ2n) is 9.65. The van der Waals surface area contributed by atoms with Crippen LogP contribution in [0.15, 0.2) is 21.9 Å². The van der Waals surface area contributed by atoms with Crippen LogP contribution in [-0.2, 0) is 23.2 Å². The number of pyridine rings is 1. The van der Waals surface area contributed by atoms with Crippen LogP contribution in [0.4, 0.5) is 5.69 Å². The number of fused-ring (bicyclic) bond motifs is 1. The summed E-state index contributed by atoms with van der Waals surface area (Å²) in [5.74, 6) is -0.00294. The van der Waals surface area contributed by atoms with Crippen molar-refractivity contribution in [1.29, 1.82) is 0 Å². The summed E-state index contributed by atoms with van der Waals surface area (Å²) in [4.78, 5) is 59.2. The van der Waals surface area contributed by atoms with Crippen LogP contribution in [0.25, 0.3) is 11.0 Å². The fourth-order valence-corrected chi connectivity index (χ4v) is 4.15. The number of hydrogen-bond acceptors (Lipinski definition) is 6. The van der Waals surface area contributed by atoms with Crippen LogP contribution < -0.4 is 21.5 Å². The Kier molecular flexibility index (Phi) is 5.56. The summed E-state index contributed by atoms with van der Waals surface area (Å²) in [6, 6.07) is 1.76. The number of carbonyl (C=O) groups excluding carboxylic acids is 2. The highest BCUT2D eigenvalue weighted by atomic mass is 16.2. The zero-order valence-electron chi connectivity index (χ0n) is 19.1. The van der Waals surface area contributed by atoms with Gasteiger partial charge < -0.3 is 15.1 Å². The van der Waals surface area contributed by atoms with Crippen LogP contribution in [0.2, 0.25) is 0 Å². The van der Waals surface area contributed by atoms with Gasteiger partial charge in [-0.05, 0) is 39.7 Å². The van der Waals surface area contributed by atoms with Crippen molar-refractivity contribution in [3.63, 3.8) is 0 Å². The monoisotopic (exact) mass is 442 g/mol. The molecule has 0 atom stereocenters. The molecule has 3 heterocycles. The van der Waals surface area contributed by atoms with Crippen molar-refractivity contribution in [2.45, 2.75) is 45.7 Å². The Balaban J connectivity index is 1.68. The van der Waals surface area contributed by atoms with E-state index in [0.29, 0.717) is 37.3 Å². The molecule has 172 valence electrons. The Morgan fingerprint density at radius 3 is 2.38 bits per heavy atom. The molecule has 1 N–H and O–H groups in total. The van der Waals surface area contributed by atoms with Crippen molar-refractivity contribution in [3.8, 4) is 0 Å². The number of hydrogen-bond donors (Lipinski definition) is 1. The number of nitrogens with one attached hydrogen (secondary N) is 1.